The molecule has 116 valence electrons. The number of phenols is 1. The van der Waals surface area contributed by atoms with Crippen LogP contribution in [0.4, 0.5) is 0 Å². The Morgan fingerprint density at radius 1 is 1.43 bits per heavy atom. The fourth-order valence-electron chi connectivity index (χ4n) is 3.99. The Kier molecular flexibility index (Phi) is 4.98. The number of phenolic OH excluding ortho intramolecular Hbond substituents is 1. The number of benzene rings is 1. The topological polar surface area (TPSA) is 32.7 Å². The molecule has 0 bridgehead atoms. The van der Waals surface area contributed by atoms with Crippen LogP contribution in [-0.2, 0) is 23.9 Å². The molecule has 0 unspecified atom stereocenters. The van der Waals surface area contributed by atoms with Crippen molar-refractivity contribution in [1.82, 2.24) is 4.90 Å². The van der Waals surface area contributed by atoms with Crippen molar-refractivity contribution in [2.24, 2.45) is 5.92 Å². The standard InChI is InChI=1S/C16H23NO2PS/c1-2-7-17-8-3-4-12-9-13-11(10-14(12)17)5-6-15(16(13)18)19-21-20/h5-6,12,14,18,21H,2-4,7-10H2,1H3/q-1/t12-,14-/m1/s1. The molecule has 5 heteroatoms. The quantitative estimate of drug-likeness (QED) is 0.525. The average molecular weight is 324 g/mol. The van der Waals surface area contributed by atoms with E-state index < -0.39 is 0 Å². The Hall–Kier alpha value is -0.440. The van der Waals surface area contributed by atoms with Gasteiger partial charge < -0.3 is 0 Å². The van der Waals surface area contributed by atoms with Crippen molar-refractivity contribution in [3.8, 4) is 11.5 Å². The number of likely N-dealkylation sites (tertiary alicyclic amines) is 1. The summed E-state index contributed by atoms with van der Waals surface area (Å²) < 4.78 is 5.37. The van der Waals surface area contributed by atoms with Gasteiger partial charge in [0.05, 0.1) is 0 Å². The molecule has 1 aromatic carbocycles. The zero-order chi connectivity index (χ0) is 14.8. The molecular weight excluding hydrogens is 301 g/mol. The molecule has 2 aliphatic rings. The molecule has 1 fully saturated rings. The van der Waals surface area contributed by atoms with E-state index in [9.17, 15) is 5.11 Å². The molecule has 21 heavy (non-hydrogen) atoms. The first-order valence-corrected chi connectivity index (χ1v) is 9.80. The molecular formula is C16H23NO2PS-. The van der Waals surface area contributed by atoms with Gasteiger partial charge in [0.25, 0.3) is 0 Å². The number of nitrogens with zero attached hydrogens (tertiary/aromatic N) is 1. The number of thiol groups is 1. The fraction of sp³-hybridized carbons (Fsp3) is 0.625. The van der Waals surface area contributed by atoms with Crippen LogP contribution in [0, 0.1) is 5.92 Å². The molecule has 0 radical (unpaired) electrons. The van der Waals surface area contributed by atoms with Crippen LogP contribution in [0.2, 0.25) is 0 Å². The van der Waals surface area contributed by atoms with Crippen molar-refractivity contribution >= 4 is 18.8 Å². The minimum absolute atomic E-state index is 0.333. The van der Waals surface area contributed by atoms with Crippen molar-refractivity contribution in [2.75, 3.05) is 13.1 Å². The summed E-state index contributed by atoms with van der Waals surface area (Å²) in [6.45, 7) is 4.69. The van der Waals surface area contributed by atoms with Crippen LogP contribution in [0.15, 0.2) is 12.1 Å². The molecule has 1 aliphatic carbocycles. The molecule has 0 aromatic heterocycles. The summed E-state index contributed by atoms with van der Waals surface area (Å²) in [7, 11) is 4.05. The summed E-state index contributed by atoms with van der Waals surface area (Å²) in [5, 5.41) is 10.4. The monoisotopic (exact) mass is 324 g/mol. The summed E-state index contributed by atoms with van der Waals surface area (Å²) in [5.74, 6) is 1.57. The number of aromatic hydroxyl groups is 1. The SMILES string of the molecule is CCCN1CCC[C@@H]2Cc3c(ccc(O[SH-]#P)c3O)C[C@H]21. The molecule has 3 rings (SSSR count). The predicted molar refractivity (Wildman–Crippen MR) is 90.2 cm³/mol. The molecule has 3 nitrogen and oxygen atoms in total. The van der Waals surface area contributed by atoms with Crippen LogP contribution in [0.3, 0.4) is 0 Å². The number of rotatable bonds is 3. The second kappa shape index (κ2) is 6.76. The van der Waals surface area contributed by atoms with Gasteiger partial charge in [-0.25, -0.2) is 0 Å². The second-order valence-electron chi connectivity index (χ2n) is 6.14. The first-order valence-electron chi connectivity index (χ1n) is 7.83. The molecule has 1 aromatic rings. The normalized spacial score (nSPS) is 25.1. The first-order chi connectivity index (χ1) is 10.2. The van der Waals surface area contributed by atoms with Gasteiger partial charge in [0.1, 0.15) is 0 Å². The fourth-order valence-corrected chi connectivity index (χ4v) is 4.49. The Balaban J connectivity index is 1.89. The van der Waals surface area contributed by atoms with E-state index in [1.54, 1.807) is 0 Å². The first kappa shape index (κ1) is 15.5. The molecule has 0 spiro atoms. The Labute approximate surface area is 132 Å². The molecule has 0 saturated carbocycles. The Morgan fingerprint density at radius 3 is 3.05 bits per heavy atom. The van der Waals surface area contributed by atoms with Crippen LogP contribution in [-0.4, -0.2) is 29.1 Å². The molecule has 1 aliphatic heterocycles. The third-order valence-corrected chi connectivity index (χ3v) is 5.44. The van der Waals surface area contributed by atoms with Gasteiger partial charge in [0.15, 0.2) is 0 Å². The third kappa shape index (κ3) is 3.04. The Bertz CT molecular complexity index is 570. The van der Waals surface area contributed by atoms with E-state index in [2.05, 4.69) is 25.7 Å². The molecule has 2 atom stereocenters. The van der Waals surface area contributed by atoms with Crippen LogP contribution in [0.25, 0.3) is 0 Å². The van der Waals surface area contributed by atoms with Crippen molar-refractivity contribution in [2.45, 2.75) is 45.1 Å². The van der Waals surface area contributed by atoms with Crippen LogP contribution < -0.4 is 4.18 Å². The van der Waals surface area contributed by atoms with Crippen molar-refractivity contribution < 1.29 is 9.29 Å². The Morgan fingerprint density at radius 2 is 2.29 bits per heavy atom. The van der Waals surface area contributed by atoms with Crippen LogP contribution >= 0.6 is 7.81 Å². The van der Waals surface area contributed by atoms with Crippen molar-refractivity contribution in [3.63, 3.8) is 0 Å². The van der Waals surface area contributed by atoms with Gasteiger partial charge in [-0.3, -0.25) is 0 Å². The number of piperidine rings is 1. The third-order valence-electron chi connectivity index (χ3n) is 4.92. The zero-order valence-corrected chi connectivity index (χ0v) is 14.2. The van der Waals surface area contributed by atoms with Crippen molar-refractivity contribution in [1.29, 1.82) is 0 Å². The maximum atomic E-state index is 10.4. The van der Waals surface area contributed by atoms with Crippen LogP contribution in [0.1, 0.15) is 37.3 Å². The summed E-state index contributed by atoms with van der Waals surface area (Å²) in [5.41, 5.74) is 2.39. The van der Waals surface area contributed by atoms with E-state index in [0.29, 0.717) is 34.5 Å². The number of hydrogen-bond acceptors (Lipinski definition) is 4. The van der Waals surface area contributed by atoms with E-state index in [4.69, 9.17) is 4.18 Å². The van der Waals surface area contributed by atoms with Gasteiger partial charge in [-0.2, -0.15) is 0 Å². The van der Waals surface area contributed by atoms with E-state index in [1.807, 2.05) is 6.07 Å². The van der Waals surface area contributed by atoms with Gasteiger partial charge in [0, 0.05) is 0 Å². The molecule has 1 N–H and O–H groups in total. The number of hydrogen-bond donors (Lipinski definition) is 1. The molecule has 0 amide bonds. The van der Waals surface area contributed by atoms with Gasteiger partial charge >= 0.3 is 132 Å². The second-order valence-corrected chi connectivity index (χ2v) is 6.97. The molecule has 1 heterocycles. The minimum atomic E-state index is 0.333. The van der Waals surface area contributed by atoms with E-state index in [1.165, 1.54) is 37.9 Å². The van der Waals surface area contributed by atoms with Gasteiger partial charge in [0.2, 0.25) is 0 Å². The maximum absolute atomic E-state index is 10.4. The van der Waals surface area contributed by atoms with Crippen LogP contribution in [0.5, 0.6) is 11.5 Å². The predicted octanol–water partition coefficient (Wildman–Crippen LogP) is 3.42. The van der Waals surface area contributed by atoms with Crippen molar-refractivity contribution in [3.05, 3.63) is 23.3 Å². The van der Waals surface area contributed by atoms with Gasteiger partial charge in [-0.1, -0.05) is 0 Å². The van der Waals surface area contributed by atoms with Gasteiger partial charge in [-0.05, 0) is 0 Å². The molecule has 1 saturated heterocycles. The van der Waals surface area contributed by atoms with Gasteiger partial charge in [-0.15, -0.1) is 0 Å². The summed E-state index contributed by atoms with van der Waals surface area (Å²) in [4.78, 5) is 2.66. The summed E-state index contributed by atoms with van der Waals surface area (Å²) >= 11 is 0.521. The summed E-state index contributed by atoms with van der Waals surface area (Å²) in [6.07, 6.45) is 5.82. The average Bonchev–Trinajstić information content (AvgIpc) is 2.50. The number of fused-ring (bicyclic) bond motifs is 2. The van der Waals surface area contributed by atoms with E-state index in [-0.39, 0.29) is 0 Å². The van der Waals surface area contributed by atoms with E-state index >= 15 is 0 Å². The zero-order valence-electron chi connectivity index (χ0n) is 12.5. The van der Waals surface area contributed by atoms with E-state index in [0.717, 1.165) is 18.4 Å². The summed E-state index contributed by atoms with van der Waals surface area (Å²) in [6, 6.07) is 4.66.